The highest BCUT2D eigenvalue weighted by Gasteiger charge is 2.47. The van der Waals surface area contributed by atoms with Crippen LogP contribution in [0.15, 0.2) is 235 Å². The molecule has 64 heavy (non-hydrogen) atoms. The number of rotatable bonds is 8. The third-order valence-electron chi connectivity index (χ3n) is 13.5. The van der Waals surface area contributed by atoms with Crippen LogP contribution in [0.3, 0.4) is 0 Å². The van der Waals surface area contributed by atoms with E-state index in [-0.39, 0.29) is 0 Å². The summed E-state index contributed by atoms with van der Waals surface area (Å²) in [7, 11) is 0. The quantitative estimate of drug-likeness (QED) is 0.152. The van der Waals surface area contributed by atoms with E-state index >= 15 is 0 Å². The van der Waals surface area contributed by atoms with E-state index in [0.717, 1.165) is 50.1 Å². The Kier molecular flexibility index (Phi) is 8.95. The molecule has 0 amide bonds. The zero-order valence-electron chi connectivity index (χ0n) is 35.9. The number of benzene rings is 10. The summed E-state index contributed by atoms with van der Waals surface area (Å²) < 4.78 is 6.20. The van der Waals surface area contributed by atoms with Crippen LogP contribution in [-0.4, -0.2) is 0 Å². The van der Waals surface area contributed by atoms with Gasteiger partial charge in [-0.05, 0) is 127 Å². The van der Waals surface area contributed by atoms with Crippen molar-refractivity contribution in [3.63, 3.8) is 0 Å². The van der Waals surface area contributed by atoms with Crippen molar-refractivity contribution in [1.29, 1.82) is 0 Å². The number of nitrogens with zero attached hydrogens (tertiary/aromatic N) is 1. The van der Waals surface area contributed by atoms with E-state index in [1.54, 1.807) is 0 Å². The predicted molar refractivity (Wildman–Crippen MR) is 268 cm³/mol. The Morgan fingerprint density at radius 2 is 1.02 bits per heavy atom. The van der Waals surface area contributed by atoms with Gasteiger partial charge in [0.2, 0.25) is 0 Å². The van der Waals surface area contributed by atoms with E-state index in [4.69, 9.17) is 4.42 Å². The van der Waals surface area contributed by atoms with Gasteiger partial charge in [0, 0.05) is 27.7 Å². The maximum absolute atomic E-state index is 6.20. The van der Waals surface area contributed by atoms with Crippen LogP contribution in [0.2, 0.25) is 0 Å². The molecule has 0 saturated carbocycles. The first-order chi connectivity index (χ1) is 31.6. The highest BCUT2D eigenvalue weighted by Crippen LogP contribution is 2.59. The third kappa shape index (κ3) is 5.94. The van der Waals surface area contributed by atoms with E-state index in [2.05, 4.69) is 237 Å². The van der Waals surface area contributed by atoms with Gasteiger partial charge in [-0.15, -0.1) is 0 Å². The lowest BCUT2D eigenvalue weighted by atomic mass is 9.67. The predicted octanol–water partition coefficient (Wildman–Crippen LogP) is 17.0. The monoisotopic (exact) mass is 819 g/mol. The summed E-state index contributed by atoms with van der Waals surface area (Å²) in [6.45, 7) is 4.64. The Morgan fingerprint density at radius 3 is 1.73 bits per heavy atom. The van der Waals surface area contributed by atoms with Crippen molar-refractivity contribution in [2.24, 2.45) is 0 Å². The van der Waals surface area contributed by atoms with Crippen LogP contribution in [-0.2, 0) is 5.41 Å². The molecule has 0 spiro atoms. The lowest BCUT2D eigenvalue weighted by Crippen LogP contribution is -2.28. The van der Waals surface area contributed by atoms with Gasteiger partial charge in [0.1, 0.15) is 11.2 Å². The maximum Gasteiger partial charge on any atom is 0.135 e. The molecule has 0 N–H and O–H groups in total. The maximum atomic E-state index is 6.20. The average Bonchev–Trinajstić information content (AvgIpc) is 3.88. The fourth-order valence-electron chi connectivity index (χ4n) is 10.6. The standard InChI is InChI=1S/C62H45NO/c1-41(2)51-26-16-27-56-61(51)53-35-34-50(40-57(53)62(56,47-21-8-4-9-22-47)48-23-10-5-11-24-48)63(58-39-45-20-13-12-19-44(45)37-54(58)43-17-6-3-7-18-43)49-32-29-42(30-33-49)46-31-36-60-55(38-46)52-25-14-15-28-59(52)64-60/h3-41H,1-2H3. The van der Waals surface area contributed by atoms with Gasteiger partial charge < -0.3 is 9.32 Å². The van der Waals surface area contributed by atoms with Crippen molar-refractivity contribution in [3.8, 4) is 33.4 Å². The van der Waals surface area contributed by atoms with Gasteiger partial charge in [0.05, 0.1) is 11.1 Å². The molecule has 1 heterocycles. The molecule has 1 aliphatic carbocycles. The summed E-state index contributed by atoms with van der Waals surface area (Å²) in [5.41, 5.74) is 18.3. The van der Waals surface area contributed by atoms with Gasteiger partial charge in [-0.3, -0.25) is 0 Å². The molecule has 1 aromatic heterocycles. The highest BCUT2D eigenvalue weighted by molar-refractivity contribution is 6.06. The molecule has 0 saturated heterocycles. The Morgan fingerprint density at radius 1 is 0.406 bits per heavy atom. The minimum Gasteiger partial charge on any atom is -0.456 e. The molecule has 10 aromatic carbocycles. The third-order valence-corrected chi connectivity index (χ3v) is 13.5. The van der Waals surface area contributed by atoms with Crippen LogP contribution < -0.4 is 4.90 Å². The van der Waals surface area contributed by atoms with Gasteiger partial charge in [0.25, 0.3) is 0 Å². The van der Waals surface area contributed by atoms with Gasteiger partial charge in [-0.1, -0.05) is 190 Å². The highest BCUT2D eigenvalue weighted by atomic mass is 16.3. The molecule has 304 valence electrons. The second-order valence-corrected chi connectivity index (χ2v) is 17.4. The summed E-state index contributed by atoms with van der Waals surface area (Å²) in [4.78, 5) is 2.48. The zero-order valence-corrected chi connectivity index (χ0v) is 35.9. The zero-order chi connectivity index (χ0) is 42.8. The van der Waals surface area contributed by atoms with Crippen LogP contribution in [0, 0.1) is 0 Å². The minimum absolute atomic E-state index is 0.346. The van der Waals surface area contributed by atoms with Crippen LogP contribution in [0.4, 0.5) is 17.1 Å². The van der Waals surface area contributed by atoms with E-state index in [1.807, 2.05) is 12.1 Å². The normalized spacial score (nSPS) is 12.8. The van der Waals surface area contributed by atoms with Gasteiger partial charge in [-0.2, -0.15) is 0 Å². The summed E-state index contributed by atoms with van der Waals surface area (Å²) in [5, 5.41) is 4.66. The Labute approximate surface area is 374 Å². The SMILES string of the molecule is CC(C)c1cccc2c1-c1ccc(N(c3ccc(-c4ccc5oc6ccccc6c5c4)cc3)c3cc4ccccc4cc3-c3ccccc3)cc1C2(c1ccccc1)c1ccccc1. The topological polar surface area (TPSA) is 16.4 Å². The molecule has 11 aromatic rings. The van der Waals surface area contributed by atoms with Crippen molar-refractivity contribution in [1.82, 2.24) is 0 Å². The molecule has 1 aliphatic rings. The molecule has 2 heteroatoms. The van der Waals surface area contributed by atoms with Gasteiger partial charge in [-0.25, -0.2) is 0 Å². The van der Waals surface area contributed by atoms with Crippen molar-refractivity contribution in [3.05, 3.63) is 258 Å². The first-order valence-corrected chi connectivity index (χ1v) is 22.4. The average molecular weight is 820 g/mol. The first-order valence-electron chi connectivity index (χ1n) is 22.4. The van der Waals surface area contributed by atoms with E-state index < -0.39 is 5.41 Å². The smallest absolute Gasteiger partial charge is 0.135 e. The van der Waals surface area contributed by atoms with Crippen LogP contribution in [0.5, 0.6) is 0 Å². The summed E-state index contributed by atoms with van der Waals surface area (Å²) in [5.74, 6) is 0.346. The van der Waals surface area contributed by atoms with E-state index in [1.165, 1.54) is 60.8 Å². The summed E-state index contributed by atoms with van der Waals surface area (Å²) in [6, 6.07) is 84.7. The largest absolute Gasteiger partial charge is 0.456 e. The second-order valence-electron chi connectivity index (χ2n) is 17.4. The molecule has 0 fully saturated rings. The molecular weight excluding hydrogens is 775 g/mol. The van der Waals surface area contributed by atoms with Crippen LogP contribution in [0.1, 0.15) is 47.6 Å². The van der Waals surface area contributed by atoms with E-state index in [9.17, 15) is 0 Å². The Bertz CT molecular complexity index is 3470. The molecule has 0 unspecified atom stereocenters. The summed E-state index contributed by atoms with van der Waals surface area (Å²) >= 11 is 0. The van der Waals surface area contributed by atoms with Gasteiger partial charge >= 0.3 is 0 Å². The fraction of sp³-hybridized carbons (Fsp3) is 0.0645. The number of hydrogen-bond acceptors (Lipinski definition) is 2. The number of anilines is 3. The number of para-hydroxylation sites is 1. The molecule has 12 rings (SSSR count). The molecule has 2 nitrogen and oxygen atoms in total. The Hall–Kier alpha value is -7.94. The number of furan rings is 1. The van der Waals surface area contributed by atoms with Crippen LogP contribution >= 0.6 is 0 Å². The lowest BCUT2D eigenvalue weighted by Gasteiger charge is -2.35. The molecular formula is C62H45NO. The molecule has 0 aliphatic heterocycles. The Balaban J connectivity index is 1.12. The molecule has 0 radical (unpaired) electrons. The van der Waals surface area contributed by atoms with Crippen molar-refractivity contribution in [2.75, 3.05) is 4.90 Å². The minimum atomic E-state index is -0.550. The molecule has 0 bridgehead atoms. The number of fused-ring (bicyclic) bond motifs is 7. The van der Waals surface area contributed by atoms with Crippen molar-refractivity contribution >= 4 is 49.8 Å². The second kappa shape index (κ2) is 15.1. The van der Waals surface area contributed by atoms with E-state index in [0.29, 0.717) is 5.92 Å². The van der Waals surface area contributed by atoms with Crippen molar-refractivity contribution < 1.29 is 4.42 Å². The molecule has 0 atom stereocenters. The van der Waals surface area contributed by atoms with Gasteiger partial charge in [0.15, 0.2) is 0 Å². The van der Waals surface area contributed by atoms with Crippen molar-refractivity contribution in [2.45, 2.75) is 25.2 Å². The summed E-state index contributed by atoms with van der Waals surface area (Å²) in [6.07, 6.45) is 0. The van der Waals surface area contributed by atoms with Crippen LogP contribution in [0.25, 0.3) is 66.1 Å². The number of hydrogen-bond donors (Lipinski definition) is 0. The fourth-order valence-corrected chi connectivity index (χ4v) is 10.6. The lowest BCUT2D eigenvalue weighted by molar-refractivity contribution is 0.669. The first kappa shape index (κ1) is 37.8.